The van der Waals surface area contributed by atoms with Crippen LogP contribution in [0.4, 0.5) is 24.9 Å². The van der Waals surface area contributed by atoms with Crippen molar-refractivity contribution in [3.63, 3.8) is 0 Å². The highest BCUT2D eigenvalue weighted by Crippen LogP contribution is 2.27. The van der Waals surface area contributed by atoms with E-state index in [0.717, 1.165) is 12.1 Å². The average Bonchev–Trinajstić information content (AvgIpc) is 2.28. The summed E-state index contributed by atoms with van der Waals surface area (Å²) in [4.78, 5) is 3.54. The van der Waals surface area contributed by atoms with Crippen LogP contribution >= 0.6 is 0 Å². The van der Waals surface area contributed by atoms with Gasteiger partial charge in [-0.2, -0.15) is 4.98 Å². The van der Waals surface area contributed by atoms with Crippen LogP contribution < -0.4 is 11.5 Å². The second-order valence-electron chi connectivity index (χ2n) is 3.13. The first-order valence-electron chi connectivity index (χ1n) is 4.40. The van der Waals surface area contributed by atoms with E-state index in [9.17, 15) is 13.2 Å². The fraction of sp³-hybridized carbons (Fsp3) is 0. The van der Waals surface area contributed by atoms with Crippen molar-refractivity contribution in [2.75, 3.05) is 11.5 Å². The summed E-state index contributed by atoms with van der Waals surface area (Å²) in [5, 5.41) is 6.85. The van der Waals surface area contributed by atoms with Crippen LogP contribution in [0.15, 0.2) is 12.1 Å². The van der Waals surface area contributed by atoms with Gasteiger partial charge in [-0.3, -0.25) is 0 Å². The summed E-state index contributed by atoms with van der Waals surface area (Å²) in [6.45, 7) is 0. The molecule has 1 aromatic carbocycles. The van der Waals surface area contributed by atoms with Gasteiger partial charge in [-0.15, -0.1) is 10.2 Å². The van der Waals surface area contributed by atoms with Crippen molar-refractivity contribution in [3.8, 4) is 11.3 Å². The minimum atomic E-state index is -1.61. The van der Waals surface area contributed by atoms with E-state index in [-0.39, 0.29) is 23.0 Å². The lowest BCUT2D eigenvalue weighted by Crippen LogP contribution is -2.06. The molecule has 0 unspecified atom stereocenters. The first-order valence-corrected chi connectivity index (χ1v) is 4.40. The zero-order valence-electron chi connectivity index (χ0n) is 8.28. The van der Waals surface area contributed by atoms with Crippen LogP contribution in [0.1, 0.15) is 0 Å². The fourth-order valence-electron chi connectivity index (χ4n) is 1.25. The third kappa shape index (κ3) is 1.84. The molecule has 8 heteroatoms. The summed E-state index contributed by atoms with van der Waals surface area (Å²) in [6.07, 6.45) is 0. The maximum Gasteiger partial charge on any atom is 0.242 e. The third-order valence-corrected chi connectivity index (χ3v) is 2.02. The van der Waals surface area contributed by atoms with E-state index in [1.807, 2.05) is 0 Å². The molecule has 0 radical (unpaired) electrons. The first-order chi connectivity index (χ1) is 8.00. The summed E-state index contributed by atoms with van der Waals surface area (Å²) in [5.41, 5.74) is 10.1. The second-order valence-corrected chi connectivity index (χ2v) is 3.13. The Morgan fingerprint density at radius 2 is 1.65 bits per heavy atom. The van der Waals surface area contributed by atoms with E-state index in [0.29, 0.717) is 0 Å². The largest absolute Gasteiger partial charge is 0.382 e. The van der Waals surface area contributed by atoms with Crippen molar-refractivity contribution >= 4 is 11.8 Å². The number of nitrogen functional groups attached to an aromatic ring is 2. The van der Waals surface area contributed by atoms with E-state index in [2.05, 4.69) is 15.2 Å². The highest BCUT2D eigenvalue weighted by Gasteiger charge is 2.18. The third-order valence-electron chi connectivity index (χ3n) is 2.02. The van der Waals surface area contributed by atoms with E-state index < -0.39 is 17.5 Å². The Kier molecular flexibility index (Phi) is 2.54. The van der Waals surface area contributed by atoms with Crippen molar-refractivity contribution in [2.24, 2.45) is 0 Å². The quantitative estimate of drug-likeness (QED) is 0.730. The minimum Gasteiger partial charge on any atom is -0.382 e. The molecule has 88 valence electrons. The molecule has 0 saturated carbocycles. The number of rotatable bonds is 1. The van der Waals surface area contributed by atoms with Crippen molar-refractivity contribution < 1.29 is 13.2 Å². The first kappa shape index (κ1) is 11.1. The normalized spacial score (nSPS) is 10.5. The minimum absolute atomic E-state index is 0.199. The zero-order valence-corrected chi connectivity index (χ0v) is 8.28. The molecule has 0 saturated heterocycles. The van der Waals surface area contributed by atoms with Crippen molar-refractivity contribution in [1.82, 2.24) is 15.2 Å². The Morgan fingerprint density at radius 1 is 0.941 bits per heavy atom. The number of anilines is 2. The topological polar surface area (TPSA) is 90.7 Å². The lowest BCUT2D eigenvalue weighted by molar-refractivity contribution is 0.448. The maximum absolute atomic E-state index is 13.4. The summed E-state index contributed by atoms with van der Waals surface area (Å²) in [5.74, 6) is -4.74. The van der Waals surface area contributed by atoms with E-state index in [1.165, 1.54) is 0 Å². The van der Waals surface area contributed by atoms with Crippen LogP contribution in [0.25, 0.3) is 11.3 Å². The number of hydrogen-bond acceptors (Lipinski definition) is 5. The number of hydrogen-bond donors (Lipinski definition) is 2. The molecule has 0 amide bonds. The highest BCUT2D eigenvalue weighted by atomic mass is 19.2. The van der Waals surface area contributed by atoms with E-state index >= 15 is 0 Å². The predicted molar refractivity (Wildman–Crippen MR) is 54.0 cm³/mol. The van der Waals surface area contributed by atoms with Gasteiger partial charge in [0.15, 0.2) is 23.3 Å². The molecule has 5 nitrogen and oxygen atoms in total. The van der Waals surface area contributed by atoms with E-state index in [4.69, 9.17) is 11.5 Å². The van der Waals surface area contributed by atoms with Gasteiger partial charge in [0, 0.05) is 5.56 Å². The highest BCUT2D eigenvalue weighted by molar-refractivity contribution is 5.70. The smallest absolute Gasteiger partial charge is 0.242 e. The van der Waals surface area contributed by atoms with Gasteiger partial charge in [0.05, 0.1) is 0 Å². The number of nitrogens with two attached hydrogens (primary N) is 2. The van der Waals surface area contributed by atoms with E-state index in [1.54, 1.807) is 0 Å². The summed E-state index contributed by atoms with van der Waals surface area (Å²) < 4.78 is 39.2. The van der Waals surface area contributed by atoms with Crippen LogP contribution in [0.2, 0.25) is 0 Å². The molecule has 2 rings (SSSR count). The Morgan fingerprint density at radius 3 is 2.29 bits per heavy atom. The molecule has 1 aromatic heterocycles. The molecule has 0 fully saturated rings. The lowest BCUT2D eigenvalue weighted by atomic mass is 10.1. The molecule has 1 heterocycles. The monoisotopic (exact) mass is 241 g/mol. The molecular formula is C9H6F3N5. The van der Waals surface area contributed by atoms with Gasteiger partial charge in [-0.05, 0) is 12.1 Å². The van der Waals surface area contributed by atoms with Gasteiger partial charge >= 0.3 is 0 Å². The van der Waals surface area contributed by atoms with Crippen LogP contribution in [-0.2, 0) is 0 Å². The summed E-state index contributed by atoms with van der Waals surface area (Å²) in [7, 11) is 0. The standard InChI is InChI=1S/C9H6F3N5/c10-4-2-1-3(5(11)6(4)12)7-8(13)15-9(14)17-16-7/h1-2H,(H4,13,14,15,17). The van der Waals surface area contributed by atoms with Gasteiger partial charge in [-0.25, -0.2) is 13.2 Å². The van der Waals surface area contributed by atoms with Crippen molar-refractivity contribution in [3.05, 3.63) is 29.6 Å². The van der Waals surface area contributed by atoms with Crippen LogP contribution in [0, 0.1) is 17.5 Å². The van der Waals surface area contributed by atoms with Gasteiger partial charge in [0.1, 0.15) is 5.69 Å². The molecule has 0 aliphatic carbocycles. The van der Waals surface area contributed by atoms with Gasteiger partial charge in [-0.1, -0.05) is 0 Å². The zero-order chi connectivity index (χ0) is 12.6. The average molecular weight is 241 g/mol. The predicted octanol–water partition coefficient (Wildman–Crippen LogP) is 1.12. The molecule has 0 bridgehead atoms. The molecule has 0 aliphatic rings. The van der Waals surface area contributed by atoms with Gasteiger partial charge < -0.3 is 11.5 Å². The fourth-order valence-corrected chi connectivity index (χ4v) is 1.25. The SMILES string of the molecule is Nc1nnc(-c2ccc(F)c(F)c2F)c(N)n1. The maximum atomic E-state index is 13.4. The van der Waals surface area contributed by atoms with Crippen molar-refractivity contribution in [2.45, 2.75) is 0 Å². The summed E-state index contributed by atoms with van der Waals surface area (Å²) in [6, 6.07) is 1.75. The number of nitrogens with zero attached hydrogens (tertiary/aromatic N) is 3. The Hall–Kier alpha value is -2.38. The molecule has 4 N–H and O–H groups in total. The Labute approximate surface area is 93.3 Å². The number of halogens is 3. The second kappa shape index (κ2) is 3.89. The number of aromatic nitrogens is 3. The Bertz CT molecular complexity index is 587. The van der Waals surface area contributed by atoms with Gasteiger partial charge in [0.2, 0.25) is 5.95 Å². The summed E-state index contributed by atoms with van der Waals surface area (Å²) >= 11 is 0. The molecular weight excluding hydrogens is 235 g/mol. The number of benzene rings is 1. The van der Waals surface area contributed by atoms with Gasteiger partial charge in [0.25, 0.3) is 0 Å². The van der Waals surface area contributed by atoms with Crippen LogP contribution in [0.5, 0.6) is 0 Å². The molecule has 17 heavy (non-hydrogen) atoms. The molecule has 0 spiro atoms. The molecule has 0 atom stereocenters. The molecule has 2 aromatic rings. The van der Waals surface area contributed by atoms with Crippen LogP contribution in [-0.4, -0.2) is 15.2 Å². The lowest BCUT2D eigenvalue weighted by Gasteiger charge is -2.05. The van der Waals surface area contributed by atoms with Crippen molar-refractivity contribution in [1.29, 1.82) is 0 Å². The Balaban J connectivity index is 2.65. The van der Waals surface area contributed by atoms with Crippen LogP contribution in [0.3, 0.4) is 0 Å². The molecule has 0 aliphatic heterocycles.